The molecule has 3 aromatic heterocycles. The maximum Gasteiger partial charge on any atom is 0.329 e. The van der Waals surface area contributed by atoms with Crippen LogP contribution in [0.25, 0.3) is 33.3 Å². The van der Waals surface area contributed by atoms with Crippen LogP contribution in [0.5, 0.6) is 0 Å². The number of fused-ring (bicyclic) bond motifs is 3. The Balaban J connectivity index is 1.48. The number of hydrogen-bond acceptors (Lipinski definition) is 7. The second-order valence-corrected chi connectivity index (χ2v) is 16.8. The zero-order valence-electron chi connectivity index (χ0n) is 25.6. The highest BCUT2D eigenvalue weighted by atomic mass is 32.2. The van der Waals surface area contributed by atoms with E-state index >= 15 is 0 Å². The summed E-state index contributed by atoms with van der Waals surface area (Å²) in [4.78, 5) is 20.4. The van der Waals surface area contributed by atoms with Gasteiger partial charge in [0.25, 0.3) is 10.0 Å². The predicted octanol–water partition coefficient (Wildman–Crippen LogP) is 4.36. The van der Waals surface area contributed by atoms with Crippen molar-refractivity contribution in [3.05, 3.63) is 82.9 Å². The standard InChI is InChI=1S/C32H37N5O5S2/c1-32(2,3)36-29-26-19-27(23-13-11-22(12-14-23)21-35-17-15-24(16-18-35)43(5,39)40)37(44(41,42)25-9-7-6-8-10-25)30(26)33-20-28(29)34(4)31(36)38/h6-14,19-20,24H,15-18,21H2,1-5H3. The lowest BCUT2D eigenvalue weighted by Crippen LogP contribution is -2.38. The summed E-state index contributed by atoms with van der Waals surface area (Å²) in [5.74, 6) is 0. The van der Waals surface area contributed by atoms with E-state index in [0.717, 1.165) is 5.56 Å². The summed E-state index contributed by atoms with van der Waals surface area (Å²) in [5, 5.41) is 0.288. The van der Waals surface area contributed by atoms with Crippen LogP contribution in [-0.4, -0.2) is 64.4 Å². The van der Waals surface area contributed by atoms with E-state index in [1.54, 1.807) is 52.7 Å². The molecule has 44 heavy (non-hydrogen) atoms. The third-order valence-electron chi connectivity index (χ3n) is 8.55. The van der Waals surface area contributed by atoms with Crippen LogP contribution in [0.1, 0.15) is 39.2 Å². The number of aromatic nitrogens is 4. The Hall–Kier alpha value is -3.74. The number of aryl methyl sites for hydroxylation is 1. The summed E-state index contributed by atoms with van der Waals surface area (Å²) in [6.45, 7) is 7.92. The zero-order chi connectivity index (χ0) is 31.6. The van der Waals surface area contributed by atoms with Crippen molar-refractivity contribution in [1.82, 2.24) is 23.0 Å². The molecule has 232 valence electrons. The van der Waals surface area contributed by atoms with Crippen molar-refractivity contribution < 1.29 is 16.8 Å². The molecule has 10 nitrogen and oxygen atoms in total. The minimum Gasteiger partial charge on any atom is -0.299 e. The van der Waals surface area contributed by atoms with Crippen LogP contribution in [0.3, 0.4) is 0 Å². The normalized spacial score (nSPS) is 15.8. The van der Waals surface area contributed by atoms with Gasteiger partial charge in [0.1, 0.15) is 9.84 Å². The number of likely N-dealkylation sites (tertiary alicyclic amines) is 1. The first-order valence-corrected chi connectivity index (χ1v) is 18.0. The number of nitrogens with zero attached hydrogens (tertiary/aromatic N) is 5. The first-order valence-electron chi connectivity index (χ1n) is 14.6. The quantitative estimate of drug-likeness (QED) is 0.272. The van der Waals surface area contributed by atoms with E-state index in [0.29, 0.717) is 60.2 Å². The Labute approximate surface area is 257 Å². The lowest BCUT2D eigenvalue weighted by atomic mass is 10.1. The largest absolute Gasteiger partial charge is 0.329 e. The maximum absolute atomic E-state index is 14.2. The summed E-state index contributed by atoms with van der Waals surface area (Å²) in [6.07, 6.45) is 4.12. The van der Waals surface area contributed by atoms with Crippen LogP contribution in [0, 0.1) is 0 Å². The van der Waals surface area contributed by atoms with Crippen LogP contribution >= 0.6 is 0 Å². The molecule has 0 saturated carbocycles. The fraction of sp³-hybridized carbons (Fsp3) is 0.375. The van der Waals surface area contributed by atoms with Gasteiger partial charge in [-0.2, -0.15) is 0 Å². The summed E-state index contributed by atoms with van der Waals surface area (Å²) >= 11 is 0. The van der Waals surface area contributed by atoms with Gasteiger partial charge in [-0.15, -0.1) is 0 Å². The molecule has 12 heteroatoms. The smallest absolute Gasteiger partial charge is 0.299 e. The predicted molar refractivity (Wildman–Crippen MR) is 173 cm³/mol. The lowest BCUT2D eigenvalue weighted by molar-refractivity contribution is 0.222. The Kier molecular flexibility index (Phi) is 7.37. The Morgan fingerprint density at radius 2 is 1.57 bits per heavy atom. The van der Waals surface area contributed by atoms with Gasteiger partial charge < -0.3 is 0 Å². The van der Waals surface area contributed by atoms with Crippen LogP contribution in [0.4, 0.5) is 0 Å². The van der Waals surface area contributed by atoms with Crippen LogP contribution < -0.4 is 5.69 Å². The van der Waals surface area contributed by atoms with Crippen molar-refractivity contribution in [1.29, 1.82) is 0 Å². The number of hydrogen-bond donors (Lipinski definition) is 0. The Morgan fingerprint density at radius 1 is 0.932 bits per heavy atom. The number of sulfone groups is 1. The van der Waals surface area contributed by atoms with Gasteiger partial charge in [-0.1, -0.05) is 42.5 Å². The van der Waals surface area contributed by atoms with Crippen molar-refractivity contribution in [2.24, 2.45) is 7.05 Å². The lowest BCUT2D eigenvalue weighted by Gasteiger charge is -2.31. The minimum absolute atomic E-state index is 0.135. The molecule has 4 heterocycles. The molecule has 0 bridgehead atoms. The van der Waals surface area contributed by atoms with Gasteiger partial charge in [-0.25, -0.2) is 30.6 Å². The van der Waals surface area contributed by atoms with Gasteiger partial charge in [0.2, 0.25) is 0 Å². The molecule has 0 unspecified atom stereocenters. The van der Waals surface area contributed by atoms with Gasteiger partial charge in [-0.3, -0.25) is 14.0 Å². The molecular formula is C32H37N5O5S2. The molecule has 0 amide bonds. The van der Waals surface area contributed by atoms with E-state index < -0.39 is 25.4 Å². The Morgan fingerprint density at radius 3 is 2.16 bits per heavy atom. The maximum atomic E-state index is 14.2. The van der Waals surface area contributed by atoms with Crippen LogP contribution in [0.2, 0.25) is 0 Å². The van der Waals surface area contributed by atoms with E-state index in [2.05, 4.69) is 9.88 Å². The third kappa shape index (κ3) is 5.18. The number of rotatable bonds is 6. The molecule has 0 aliphatic carbocycles. The van der Waals surface area contributed by atoms with Gasteiger partial charge in [0, 0.05) is 30.8 Å². The topological polar surface area (TPSA) is 116 Å². The number of benzene rings is 2. The molecule has 1 aliphatic heterocycles. The van der Waals surface area contributed by atoms with Crippen molar-refractivity contribution >= 4 is 41.9 Å². The van der Waals surface area contributed by atoms with Crippen molar-refractivity contribution in [3.63, 3.8) is 0 Å². The highest BCUT2D eigenvalue weighted by Gasteiger charge is 2.30. The zero-order valence-corrected chi connectivity index (χ0v) is 27.2. The molecule has 1 aliphatic rings. The summed E-state index contributed by atoms with van der Waals surface area (Å²) in [5.41, 5.74) is 2.91. The molecule has 2 aromatic carbocycles. The van der Waals surface area contributed by atoms with E-state index in [1.807, 2.05) is 51.1 Å². The fourth-order valence-electron chi connectivity index (χ4n) is 6.23. The first-order chi connectivity index (χ1) is 20.7. The second kappa shape index (κ2) is 10.7. The molecule has 6 rings (SSSR count). The first kappa shape index (κ1) is 30.3. The molecule has 0 atom stereocenters. The number of pyridine rings is 1. The minimum atomic E-state index is -4.07. The molecule has 1 saturated heterocycles. The third-order valence-corrected chi connectivity index (χ3v) is 12.0. The monoisotopic (exact) mass is 635 g/mol. The van der Waals surface area contributed by atoms with E-state index in [9.17, 15) is 21.6 Å². The highest BCUT2D eigenvalue weighted by molar-refractivity contribution is 7.91. The van der Waals surface area contributed by atoms with Crippen LogP contribution in [0.15, 0.2) is 76.6 Å². The van der Waals surface area contributed by atoms with Crippen molar-refractivity contribution in [3.8, 4) is 11.3 Å². The van der Waals surface area contributed by atoms with Crippen molar-refractivity contribution in [2.75, 3.05) is 19.3 Å². The molecule has 0 spiro atoms. The number of imidazole rings is 1. The summed E-state index contributed by atoms with van der Waals surface area (Å²) in [7, 11) is -5.41. The molecular weight excluding hydrogens is 599 g/mol. The van der Waals surface area contributed by atoms with Gasteiger partial charge in [-0.05, 0) is 76.0 Å². The molecule has 0 N–H and O–H groups in total. The molecule has 0 radical (unpaired) electrons. The average Bonchev–Trinajstić information content (AvgIpc) is 3.49. The fourth-order valence-corrected chi connectivity index (χ4v) is 8.80. The van der Waals surface area contributed by atoms with Gasteiger partial charge in [0.15, 0.2) is 5.65 Å². The van der Waals surface area contributed by atoms with Gasteiger partial charge in [0.05, 0.1) is 33.1 Å². The average molecular weight is 636 g/mol. The van der Waals surface area contributed by atoms with Crippen molar-refractivity contribution in [2.45, 2.75) is 55.8 Å². The Bertz CT molecular complexity index is 2150. The van der Waals surface area contributed by atoms with E-state index in [1.165, 1.54) is 10.2 Å². The summed E-state index contributed by atoms with van der Waals surface area (Å²) < 4.78 is 56.9. The second-order valence-electron chi connectivity index (χ2n) is 12.7. The molecule has 1 fully saturated rings. The highest BCUT2D eigenvalue weighted by Crippen LogP contribution is 2.36. The summed E-state index contributed by atoms with van der Waals surface area (Å²) in [6, 6.07) is 17.9. The SMILES string of the molecule is Cn1c(=O)n(C(C)(C)C)c2c3cc(-c4ccc(CN5CCC(S(C)(=O)=O)CC5)cc4)n(S(=O)(=O)c4ccccc4)c3ncc21. The number of piperidine rings is 1. The van der Waals surface area contributed by atoms with E-state index in [4.69, 9.17) is 0 Å². The molecule has 5 aromatic rings. The van der Waals surface area contributed by atoms with E-state index in [-0.39, 0.29) is 21.5 Å². The van der Waals surface area contributed by atoms with Crippen LogP contribution in [-0.2, 0) is 39.0 Å². The van der Waals surface area contributed by atoms with Gasteiger partial charge >= 0.3 is 5.69 Å².